The second-order valence-corrected chi connectivity index (χ2v) is 18.4. The number of pyridine rings is 1. The van der Waals surface area contributed by atoms with E-state index in [1.165, 1.54) is 44.2 Å². The first-order valence-electron chi connectivity index (χ1n) is 19.4. The lowest BCUT2D eigenvalue weighted by molar-refractivity contribution is 0.478. The second-order valence-electron chi connectivity index (χ2n) is 18.4. The van der Waals surface area contributed by atoms with Crippen molar-refractivity contribution in [2.24, 2.45) is 0 Å². The average molecular weight is 717 g/mol. The van der Waals surface area contributed by atoms with Gasteiger partial charge in [0.15, 0.2) is 0 Å². The molecule has 0 spiro atoms. The van der Waals surface area contributed by atoms with E-state index in [0.29, 0.717) is 5.92 Å². The number of benzene rings is 4. The van der Waals surface area contributed by atoms with Crippen LogP contribution in [0, 0.1) is 13.8 Å². The fraction of sp³-hybridized carbons (Fsp3) is 0.347. The van der Waals surface area contributed by atoms with Crippen molar-refractivity contribution < 1.29 is 4.74 Å². The van der Waals surface area contributed by atoms with Crippen molar-refractivity contribution in [1.82, 2.24) is 19.3 Å². The Hall–Kier alpha value is -5.16. The molecular weight excluding hydrogens is 661 g/mol. The number of para-hydroxylation sites is 1. The summed E-state index contributed by atoms with van der Waals surface area (Å²) in [6.45, 7) is 29.4. The number of aromatic nitrogens is 4. The zero-order chi connectivity index (χ0) is 38.9. The lowest BCUT2D eigenvalue weighted by Crippen LogP contribution is -2.19. The number of rotatable bonds is 6. The van der Waals surface area contributed by atoms with Crippen molar-refractivity contribution in [3.8, 4) is 34.1 Å². The van der Waals surface area contributed by atoms with Crippen molar-refractivity contribution >= 4 is 21.8 Å². The van der Waals surface area contributed by atoms with Crippen molar-refractivity contribution in [1.29, 1.82) is 0 Å². The van der Waals surface area contributed by atoms with Crippen molar-refractivity contribution in [2.75, 3.05) is 0 Å². The third kappa shape index (κ3) is 6.74. The zero-order valence-corrected chi connectivity index (χ0v) is 34.5. The van der Waals surface area contributed by atoms with Gasteiger partial charge in [-0.3, -0.25) is 4.57 Å². The fourth-order valence-electron chi connectivity index (χ4n) is 7.84. The molecule has 3 heterocycles. The summed E-state index contributed by atoms with van der Waals surface area (Å²) in [4.78, 5) is 4.85. The maximum absolute atomic E-state index is 6.85. The molecule has 0 aliphatic rings. The van der Waals surface area contributed by atoms with Gasteiger partial charge in [0, 0.05) is 40.4 Å². The molecule has 0 radical (unpaired) electrons. The molecule has 5 nitrogen and oxygen atoms in total. The summed E-state index contributed by atoms with van der Waals surface area (Å²) in [6.07, 6.45) is 1.92. The molecule has 0 saturated carbocycles. The van der Waals surface area contributed by atoms with Crippen LogP contribution >= 0.6 is 0 Å². The molecule has 54 heavy (non-hydrogen) atoms. The molecule has 5 heteroatoms. The zero-order valence-electron chi connectivity index (χ0n) is 34.5. The van der Waals surface area contributed by atoms with Crippen LogP contribution in [0.3, 0.4) is 0 Å². The van der Waals surface area contributed by atoms with Gasteiger partial charge in [0.1, 0.15) is 17.3 Å². The second kappa shape index (κ2) is 13.3. The first-order valence-corrected chi connectivity index (χ1v) is 19.4. The maximum Gasteiger partial charge on any atom is 0.137 e. The molecule has 0 atom stereocenters. The molecule has 0 bridgehead atoms. The summed E-state index contributed by atoms with van der Waals surface area (Å²) in [5.74, 6) is 2.85. The monoisotopic (exact) mass is 716 g/mol. The molecule has 0 aliphatic carbocycles. The van der Waals surface area contributed by atoms with Crippen LogP contribution in [-0.4, -0.2) is 19.3 Å². The summed E-state index contributed by atoms with van der Waals surface area (Å²) in [7, 11) is 0. The summed E-state index contributed by atoms with van der Waals surface area (Å²) < 4.78 is 11.2. The number of nitrogens with zero attached hydrogens (tertiary/aromatic N) is 4. The van der Waals surface area contributed by atoms with Crippen molar-refractivity contribution in [3.05, 3.63) is 131 Å². The van der Waals surface area contributed by atoms with E-state index in [2.05, 4.69) is 190 Å². The Morgan fingerprint density at radius 3 is 1.93 bits per heavy atom. The Bertz CT molecular complexity index is 2490. The Kier molecular flexibility index (Phi) is 9.15. The minimum Gasteiger partial charge on any atom is -0.457 e. The molecule has 7 aromatic rings. The van der Waals surface area contributed by atoms with E-state index in [4.69, 9.17) is 14.8 Å². The first-order chi connectivity index (χ1) is 25.3. The normalized spacial score (nSPS) is 12.7. The predicted octanol–water partition coefficient (Wildman–Crippen LogP) is 13.5. The van der Waals surface area contributed by atoms with Crippen LogP contribution in [0.4, 0.5) is 0 Å². The molecule has 278 valence electrons. The van der Waals surface area contributed by atoms with Crippen LogP contribution in [0.1, 0.15) is 116 Å². The van der Waals surface area contributed by atoms with E-state index < -0.39 is 0 Å². The first kappa shape index (κ1) is 37.2. The highest BCUT2D eigenvalue weighted by Crippen LogP contribution is 2.44. The van der Waals surface area contributed by atoms with Gasteiger partial charge in [-0.25, -0.2) is 9.67 Å². The molecular formula is C49H56N4O. The number of fused-ring (bicyclic) bond motifs is 3. The summed E-state index contributed by atoms with van der Waals surface area (Å²) >= 11 is 0. The van der Waals surface area contributed by atoms with Gasteiger partial charge in [-0.05, 0) is 106 Å². The van der Waals surface area contributed by atoms with Crippen LogP contribution < -0.4 is 4.74 Å². The molecule has 3 aromatic heterocycles. The van der Waals surface area contributed by atoms with Crippen molar-refractivity contribution in [2.45, 2.75) is 112 Å². The average Bonchev–Trinajstić information content (AvgIpc) is 3.59. The predicted molar refractivity (Wildman–Crippen MR) is 227 cm³/mol. The van der Waals surface area contributed by atoms with E-state index in [0.717, 1.165) is 45.4 Å². The van der Waals surface area contributed by atoms with Crippen LogP contribution in [0.15, 0.2) is 97.2 Å². The molecule has 0 aliphatic heterocycles. The van der Waals surface area contributed by atoms with Gasteiger partial charge < -0.3 is 4.74 Å². The van der Waals surface area contributed by atoms with E-state index in [-0.39, 0.29) is 16.2 Å². The molecule has 4 aromatic carbocycles. The van der Waals surface area contributed by atoms with E-state index in [1.807, 2.05) is 6.20 Å². The van der Waals surface area contributed by atoms with Gasteiger partial charge in [0.2, 0.25) is 0 Å². The fourth-order valence-corrected chi connectivity index (χ4v) is 7.84. The largest absolute Gasteiger partial charge is 0.457 e. The minimum atomic E-state index is -0.116. The molecule has 0 saturated heterocycles. The van der Waals surface area contributed by atoms with E-state index in [1.54, 1.807) is 0 Å². The lowest BCUT2D eigenvalue weighted by Gasteiger charge is -2.30. The summed E-state index contributed by atoms with van der Waals surface area (Å²) in [5.41, 5.74) is 12.8. The van der Waals surface area contributed by atoms with Gasteiger partial charge in [-0.15, -0.1) is 0 Å². The number of ether oxygens (including phenoxy) is 1. The van der Waals surface area contributed by atoms with Gasteiger partial charge >= 0.3 is 0 Å². The summed E-state index contributed by atoms with van der Waals surface area (Å²) in [6, 6.07) is 32.7. The lowest BCUT2D eigenvalue weighted by atomic mass is 9.74. The van der Waals surface area contributed by atoms with Gasteiger partial charge in [0.25, 0.3) is 0 Å². The third-order valence-electron chi connectivity index (χ3n) is 10.8. The van der Waals surface area contributed by atoms with Crippen LogP contribution in [0.25, 0.3) is 44.4 Å². The molecule has 0 unspecified atom stereocenters. The highest BCUT2D eigenvalue weighted by atomic mass is 16.5. The number of aryl methyl sites for hydroxylation is 1. The highest BCUT2D eigenvalue weighted by molar-refractivity contribution is 6.09. The Balaban J connectivity index is 1.38. The van der Waals surface area contributed by atoms with Gasteiger partial charge in [0.05, 0.1) is 22.4 Å². The SMILES string of the molecule is Cc1nn(-c2cc(Oc3ccc4c5ccccc5n(-c5cc(C(C)C)ccn5)c4c3)cc(C(C)(C)C)c2)c(C)c1-c1c(C(C)(C)C)cccc1C(C)(C)C. The molecule has 7 rings (SSSR count). The molecule has 0 amide bonds. The highest BCUT2D eigenvalue weighted by Gasteiger charge is 2.30. The smallest absolute Gasteiger partial charge is 0.137 e. The molecule has 0 N–H and O–H groups in total. The number of hydrogen-bond acceptors (Lipinski definition) is 3. The van der Waals surface area contributed by atoms with Crippen LogP contribution in [-0.2, 0) is 16.2 Å². The summed E-state index contributed by atoms with van der Waals surface area (Å²) in [5, 5.41) is 7.61. The van der Waals surface area contributed by atoms with Gasteiger partial charge in [-0.2, -0.15) is 5.10 Å². The molecule has 0 fully saturated rings. The number of hydrogen-bond donors (Lipinski definition) is 0. The Labute approximate surface area is 322 Å². The van der Waals surface area contributed by atoms with E-state index in [9.17, 15) is 0 Å². The van der Waals surface area contributed by atoms with Crippen LogP contribution in [0.5, 0.6) is 11.5 Å². The maximum atomic E-state index is 6.85. The van der Waals surface area contributed by atoms with Crippen molar-refractivity contribution in [3.63, 3.8) is 0 Å². The quantitative estimate of drug-likeness (QED) is 0.172. The van der Waals surface area contributed by atoms with E-state index >= 15 is 0 Å². The standard InChI is InChI=1S/C49H56N4O/c1-30(2)33-23-24-50-44(25-33)52-42-20-15-14-17-38(42)39-22-21-36(29-43(39)52)54-37-27-34(47(5,6)7)26-35(28-37)53-32(4)45(31(3)51-53)46-40(48(8,9)10)18-16-19-41(46)49(11,12)13/h14-30H,1-13H3. The Morgan fingerprint density at radius 1 is 0.611 bits per heavy atom. The third-order valence-corrected chi connectivity index (χ3v) is 10.8. The topological polar surface area (TPSA) is 44.9 Å². The minimum absolute atomic E-state index is 0.0369. The van der Waals surface area contributed by atoms with Crippen LogP contribution in [0.2, 0.25) is 0 Å². The van der Waals surface area contributed by atoms with Gasteiger partial charge in [-0.1, -0.05) is 113 Å². The Morgan fingerprint density at radius 2 is 1.28 bits per heavy atom.